The SMILES string of the molecule is O=C(O)c1ccccc1C(=O)CCCCCCC(O)CSCc1ccccc1. The minimum atomic E-state index is -1.07. The van der Waals surface area contributed by atoms with Crippen LogP contribution >= 0.6 is 11.8 Å². The van der Waals surface area contributed by atoms with Crippen molar-refractivity contribution >= 4 is 23.5 Å². The smallest absolute Gasteiger partial charge is 0.336 e. The molecular weight excluding hydrogens is 372 g/mol. The van der Waals surface area contributed by atoms with Crippen molar-refractivity contribution in [2.24, 2.45) is 0 Å². The number of thioether (sulfide) groups is 1. The fourth-order valence-corrected chi connectivity index (χ4v) is 4.02. The highest BCUT2D eigenvalue weighted by molar-refractivity contribution is 7.98. The van der Waals surface area contributed by atoms with Gasteiger partial charge < -0.3 is 10.2 Å². The van der Waals surface area contributed by atoms with E-state index in [-0.39, 0.29) is 17.5 Å². The molecule has 0 aliphatic heterocycles. The molecule has 0 spiro atoms. The van der Waals surface area contributed by atoms with Gasteiger partial charge in [-0.3, -0.25) is 4.79 Å². The Morgan fingerprint density at radius 1 is 0.857 bits per heavy atom. The summed E-state index contributed by atoms with van der Waals surface area (Å²) in [5, 5.41) is 19.2. The molecular formula is C23H28O4S. The maximum Gasteiger partial charge on any atom is 0.336 e. The third-order valence-electron chi connectivity index (χ3n) is 4.57. The maximum absolute atomic E-state index is 12.2. The fourth-order valence-electron chi connectivity index (χ4n) is 3.04. The van der Waals surface area contributed by atoms with Gasteiger partial charge in [-0.25, -0.2) is 4.79 Å². The molecule has 5 heteroatoms. The number of aliphatic hydroxyl groups is 1. The number of carboxylic acid groups (broad SMARTS) is 1. The third-order valence-corrected chi connectivity index (χ3v) is 5.73. The van der Waals surface area contributed by atoms with E-state index in [1.807, 2.05) is 18.2 Å². The van der Waals surface area contributed by atoms with E-state index >= 15 is 0 Å². The molecule has 150 valence electrons. The lowest BCUT2D eigenvalue weighted by atomic mass is 9.99. The van der Waals surface area contributed by atoms with Gasteiger partial charge in [-0.15, -0.1) is 0 Å². The average Bonchev–Trinajstić information content (AvgIpc) is 2.71. The zero-order chi connectivity index (χ0) is 20.2. The number of hydrogen-bond acceptors (Lipinski definition) is 4. The summed E-state index contributed by atoms with van der Waals surface area (Å²) in [5.74, 6) is 0.468. The van der Waals surface area contributed by atoms with E-state index in [9.17, 15) is 14.7 Å². The number of carbonyl (C=O) groups excluding carboxylic acids is 1. The Morgan fingerprint density at radius 3 is 2.21 bits per heavy atom. The number of unbranched alkanes of at least 4 members (excludes halogenated alkanes) is 3. The van der Waals surface area contributed by atoms with Gasteiger partial charge >= 0.3 is 5.97 Å². The normalized spacial score (nSPS) is 11.9. The molecule has 0 fully saturated rings. The fraction of sp³-hybridized carbons (Fsp3) is 0.391. The number of carboxylic acids is 1. The molecule has 0 bridgehead atoms. The Balaban J connectivity index is 1.55. The number of Topliss-reactive ketones (excluding diaryl/α,β-unsaturated/α-hetero) is 1. The zero-order valence-electron chi connectivity index (χ0n) is 16.0. The van der Waals surface area contributed by atoms with Crippen molar-refractivity contribution in [2.75, 3.05) is 5.75 Å². The van der Waals surface area contributed by atoms with Gasteiger partial charge in [-0.2, -0.15) is 11.8 Å². The number of carbonyl (C=O) groups is 2. The topological polar surface area (TPSA) is 74.6 Å². The highest BCUT2D eigenvalue weighted by Gasteiger charge is 2.15. The molecule has 1 atom stereocenters. The molecule has 0 aliphatic rings. The first-order valence-electron chi connectivity index (χ1n) is 9.73. The minimum Gasteiger partial charge on any atom is -0.478 e. The highest BCUT2D eigenvalue weighted by atomic mass is 32.2. The lowest BCUT2D eigenvalue weighted by Gasteiger charge is -2.10. The van der Waals surface area contributed by atoms with E-state index in [4.69, 9.17) is 5.11 Å². The van der Waals surface area contributed by atoms with Crippen LogP contribution in [0.3, 0.4) is 0 Å². The Labute approximate surface area is 171 Å². The first-order chi connectivity index (χ1) is 13.6. The summed E-state index contributed by atoms with van der Waals surface area (Å²) < 4.78 is 0. The Morgan fingerprint density at radius 2 is 1.50 bits per heavy atom. The van der Waals surface area contributed by atoms with Gasteiger partial charge in [0.15, 0.2) is 5.78 Å². The van der Waals surface area contributed by atoms with Crippen LogP contribution < -0.4 is 0 Å². The second-order valence-corrected chi connectivity index (χ2v) is 7.91. The van der Waals surface area contributed by atoms with E-state index in [0.717, 1.165) is 43.6 Å². The Hall–Kier alpha value is -2.11. The first-order valence-corrected chi connectivity index (χ1v) is 10.9. The average molecular weight is 401 g/mol. The van der Waals surface area contributed by atoms with Gasteiger partial charge in [0.2, 0.25) is 0 Å². The molecule has 0 saturated heterocycles. The standard InChI is InChI=1S/C23H28O4S/c24-19(17-28-16-18-10-4-3-5-11-18)12-6-1-2-7-15-22(25)20-13-8-9-14-21(20)23(26)27/h3-5,8-11,13-14,19,24H,1-2,6-7,12,15-17H2,(H,26,27). The molecule has 0 amide bonds. The summed E-state index contributed by atoms with van der Waals surface area (Å²) in [6.45, 7) is 0. The monoisotopic (exact) mass is 400 g/mol. The van der Waals surface area contributed by atoms with Crippen LogP contribution in [0.5, 0.6) is 0 Å². The van der Waals surface area contributed by atoms with Gasteiger partial charge in [0.1, 0.15) is 0 Å². The molecule has 0 aliphatic carbocycles. The van der Waals surface area contributed by atoms with Crippen molar-refractivity contribution < 1.29 is 19.8 Å². The highest BCUT2D eigenvalue weighted by Crippen LogP contribution is 2.17. The van der Waals surface area contributed by atoms with Gasteiger partial charge in [0.05, 0.1) is 11.7 Å². The van der Waals surface area contributed by atoms with Gasteiger partial charge in [-0.05, 0) is 24.5 Å². The van der Waals surface area contributed by atoms with Crippen LogP contribution in [-0.2, 0) is 5.75 Å². The van der Waals surface area contributed by atoms with E-state index < -0.39 is 5.97 Å². The molecule has 4 nitrogen and oxygen atoms in total. The maximum atomic E-state index is 12.2. The second kappa shape index (κ2) is 12.4. The summed E-state index contributed by atoms with van der Waals surface area (Å²) in [4.78, 5) is 23.4. The van der Waals surface area contributed by atoms with E-state index in [1.54, 1.807) is 30.0 Å². The number of hydrogen-bond donors (Lipinski definition) is 2. The number of aliphatic hydroxyl groups excluding tert-OH is 1. The number of rotatable bonds is 13. The molecule has 2 aromatic rings. The van der Waals surface area contributed by atoms with Crippen LogP contribution in [0.1, 0.15) is 64.8 Å². The van der Waals surface area contributed by atoms with Crippen LogP contribution in [0.15, 0.2) is 54.6 Å². The second-order valence-electron chi connectivity index (χ2n) is 6.88. The van der Waals surface area contributed by atoms with E-state index in [1.165, 1.54) is 11.6 Å². The first kappa shape index (κ1) is 22.2. The lowest BCUT2D eigenvalue weighted by molar-refractivity contribution is 0.0691. The van der Waals surface area contributed by atoms with E-state index in [2.05, 4.69) is 12.1 Å². The number of benzene rings is 2. The zero-order valence-corrected chi connectivity index (χ0v) is 16.9. The number of aromatic carboxylic acids is 1. The van der Waals surface area contributed by atoms with Crippen molar-refractivity contribution in [1.82, 2.24) is 0 Å². The third kappa shape index (κ3) is 7.87. The largest absolute Gasteiger partial charge is 0.478 e. The van der Waals surface area contributed by atoms with Crippen LogP contribution in [0.2, 0.25) is 0 Å². The molecule has 28 heavy (non-hydrogen) atoms. The van der Waals surface area contributed by atoms with Gasteiger partial charge in [0, 0.05) is 23.5 Å². The van der Waals surface area contributed by atoms with Crippen LogP contribution in [0.25, 0.3) is 0 Å². The molecule has 0 heterocycles. The van der Waals surface area contributed by atoms with Crippen molar-refractivity contribution in [3.63, 3.8) is 0 Å². The predicted octanol–water partition coefficient (Wildman–Crippen LogP) is 5.20. The molecule has 2 aromatic carbocycles. The molecule has 0 saturated carbocycles. The summed E-state index contributed by atoms with van der Waals surface area (Å²) in [7, 11) is 0. The molecule has 2 rings (SSSR count). The molecule has 1 unspecified atom stereocenters. The van der Waals surface area contributed by atoms with Crippen molar-refractivity contribution in [1.29, 1.82) is 0 Å². The van der Waals surface area contributed by atoms with Gasteiger partial charge in [-0.1, -0.05) is 67.8 Å². The van der Waals surface area contributed by atoms with Gasteiger partial charge in [0.25, 0.3) is 0 Å². The van der Waals surface area contributed by atoms with Crippen molar-refractivity contribution in [3.8, 4) is 0 Å². The Kier molecular flexibility index (Phi) is 9.80. The molecule has 0 aromatic heterocycles. The number of ketones is 1. The summed E-state index contributed by atoms with van der Waals surface area (Å²) in [5.41, 5.74) is 1.64. The van der Waals surface area contributed by atoms with E-state index in [0.29, 0.717) is 12.0 Å². The Bertz CT molecular complexity index is 745. The molecule has 0 radical (unpaired) electrons. The summed E-state index contributed by atoms with van der Waals surface area (Å²) >= 11 is 1.75. The van der Waals surface area contributed by atoms with Crippen molar-refractivity contribution in [3.05, 3.63) is 71.3 Å². The summed E-state index contributed by atoms with van der Waals surface area (Å²) in [6, 6.07) is 16.6. The van der Waals surface area contributed by atoms with Crippen molar-refractivity contribution in [2.45, 2.75) is 50.4 Å². The molecule has 2 N–H and O–H groups in total. The summed E-state index contributed by atoms with van der Waals surface area (Å²) in [6.07, 6.45) is 4.40. The quantitative estimate of drug-likeness (QED) is 0.357. The van der Waals surface area contributed by atoms with Crippen LogP contribution in [0.4, 0.5) is 0 Å². The lowest BCUT2D eigenvalue weighted by Crippen LogP contribution is -2.10. The minimum absolute atomic E-state index is 0.0728. The predicted molar refractivity (Wildman–Crippen MR) is 114 cm³/mol. The van der Waals surface area contributed by atoms with Crippen LogP contribution in [0, 0.1) is 0 Å². The van der Waals surface area contributed by atoms with Crippen LogP contribution in [-0.4, -0.2) is 33.8 Å².